The lowest BCUT2D eigenvalue weighted by atomic mass is 9.86. The molecule has 2 heterocycles. The van der Waals surface area contributed by atoms with E-state index in [9.17, 15) is 4.79 Å². The number of carbonyl (C=O) groups excluding carboxylic acids is 1. The van der Waals surface area contributed by atoms with Gasteiger partial charge >= 0.3 is 0 Å². The van der Waals surface area contributed by atoms with Crippen LogP contribution >= 0.6 is 11.3 Å². The number of rotatable bonds is 4. The minimum atomic E-state index is -0.285. The average Bonchev–Trinajstić information content (AvgIpc) is 3.38. The first kappa shape index (κ1) is 22.3. The van der Waals surface area contributed by atoms with Crippen molar-refractivity contribution < 1.29 is 9.53 Å². The maximum Gasteiger partial charge on any atom is 0.274 e. The zero-order valence-corrected chi connectivity index (χ0v) is 20.8. The Morgan fingerprint density at radius 3 is 2.59 bits per heavy atom. The number of aromatic nitrogens is 2. The molecule has 1 aliphatic carbocycles. The first-order valence-corrected chi connectivity index (χ1v) is 11.8. The molecule has 1 aliphatic rings. The predicted molar refractivity (Wildman–Crippen MR) is 132 cm³/mol. The van der Waals surface area contributed by atoms with Crippen molar-refractivity contribution in [2.24, 2.45) is 0 Å². The fourth-order valence-electron chi connectivity index (χ4n) is 4.09. The van der Waals surface area contributed by atoms with Gasteiger partial charge in [0.25, 0.3) is 5.91 Å². The van der Waals surface area contributed by atoms with Crippen LogP contribution in [0, 0.1) is 0 Å². The number of hydrogen-bond donors (Lipinski definition) is 0. The van der Waals surface area contributed by atoms with Crippen molar-refractivity contribution in [3.63, 3.8) is 0 Å². The lowest BCUT2D eigenvalue weighted by Gasteiger charge is -2.31. The van der Waals surface area contributed by atoms with Crippen LogP contribution in [0.3, 0.4) is 0 Å². The van der Waals surface area contributed by atoms with Crippen LogP contribution in [0.2, 0.25) is 0 Å². The first-order chi connectivity index (χ1) is 15.1. The number of benzene rings is 1. The molecule has 1 aromatic carbocycles. The number of thiophene rings is 1. The molecule has 32 heavy (non-hydrogen) atoms. The summed E-state index contributed by atoms with van der Waals surface area (Å²) in [5.74, 6) is 0.836. The average molecular weight is 450 g/mol. The summed E-state index contributed by atoms with van der Waals surface area (Å²) in [4.78, 5) is 15.3. The third kappa shape index (κ3) is 3.88. The van der Waals surface area contributed by atoms with Gasteiger partial charge in [0.15, 0.2) is 5.69 Å². The second-order valence-corrected chi connectivity index (χ2v) is 10.4. The van der Waals surface area contributed by atoms with Crippen LogP contribution in [0.5, 0.6) is 5.75 Å². The zero-order chi connectivity index (χ0) is 23.2. The topological polar surface area (TPSA) is 47.4 Å². The van der Waals surface area contributed by atoms with Crippen LogP contribution < -0.4 is 4.74 Å². The molecule has 0 bridgehead atoms. The van der Waals surface area contributed by atoms with E-state index in [0.29, 0.717) is 5.69 Å². The molecule has 2 aromatic heterocycles. The number of nitrogens with zero attached hydrogens (tertiary/aromatic N) is 3. The Morgan fingerprint density at radius 2 is 2.00 bits per heavy atom. The van der Waals surface area contributed by atoms with Gasteiger partial charge in [-0.2, -0.15) is 16.4 Å². The van der Waals surface area contributed by atoms with Gasteiger partial charge in [0.2, 0.25) is 0 Å². The lowest BCUT2D eigenvalue weighted by molar-refractivity contribution is 0.0648. The number of hydrogen-bond acceptors (Lipinski definition) is 4. The summed E-state index contributed by atoms with van der Waals surface area (Å²) >= 11 is 1.63. The number of aryl methyl sites for hydroxylation is 1. The maximum absolute atomic E-state index is 13.5. The van der Waals surface area contributed by atoms with Gasteiger partial charge in [0.05, 0.1) is 18.5 Å². The minimum Gasteiger partial charge on any atom is -0.496 e. The third-order valence-corrected chi connectivity index (χ3v) is 6.72. The van der Waals surface area contributed by atoms with Crippen LogP contribution in [0.15, 0.2) is 34.5 Å². The van der Waals surface area contributed by atoms with Gasteiger partial charge in [-0.3, -0.25) is 4.79 Å². The van der Waals surface area contributed by atoms with Crippen molar-refractivity contribution in [3.8, 4) is 22.7 Å². The minimum absolute atomic E-state index is 0.0378. The normalized spacial score (nSPS) is 12.7. The highest BCUT2D eigenvalue weighted by atomic mass is 32.1. The largest absolute Gasteiger partial charge is 0.496 e. The van der Waals surface area contributed by atoms with Crippen molar-refractivity contribution in [2.75, 3.05) is 14.2 Å². The Morgan fingerprint density at radius 1 is 1.25 bits per heavy atom. The molecule has 3 aromatic rings. The van der Waals surface area contributed by atoms with E-state index in [4.69, 9.17) is 9.84 Å². The highest BCUT2D eigenvalue weighted by Crippen LogP contribution is 2.41. The SMILES string of the molecule is COc1cc2c(cc1C=C(C)C)-c1c(c(C(=O)N(C)C(C)(C)C)nn1-c1ccsc1)CC2. The van der Waals surface area contributed by atoms with Gasteiger partial charge in [-0.15, -0.1) is 0 Å². The molecule has 0 aliphatic heterocycles. The molecule has 5 nitrogen and oxygen atoms in total. The number of methoxy groups -OCH3 is 1. The Kier molecular flexibility index (Phi) is 5.76. The Balaban J connectivity index is 1.97. The Bertz CT molecular complexity index is 1190. The molecular formula is C26H31N3O2S. The summed E-state index contributed by atoms with van der Waals surface area (Å²) in [6.45, 7) is 10.3. The molecule has 0 fully saturated rings. The second kappa shape index (κ2) is 8.24. The summed E-state index contributed by atoms with van der Waals surface area (Å²) in [7, 11) is 3.57. The molecule has 0 N–H and O–H groups in total. The van der Waals surface area contributed by atoms with E-state index in [-0.39, 0.29) is 11.4 Å². The number of ether oxygens (including phenoxy) is 1. The molecule has 0 unspecified atom stereocenters. The molecule has 4 rings (SSSR count). The summed E-state index contributed by atoms with van der Waals surface area (Å²) < 4.78 is 7.64. The van der Waals surface area contributed by atoms with Crippen LogP contribution in [-0.4, -0.2) is 40.3 Å². The highest BCUT2D eigenvalue weighted by molar-refractivity contribution is 7.08. The van der Waals surface area contributed by atoms with Crippen LogP contribution in [0.4, 0.5) is 0 Å². The first-order valence-electron chi connectivity index (χ1n) is 10.9. The molecule has 168 valence electrons. The van der Waals surface area contributed by atoms with Gasteiger partial charge in [0.1, 0.15) is 5.75 Å². The van der Waals surface area contributed by atoms with E-state index in [1.807, 2.05) is 37.9 Å². The van der Waals surface area contributed by atoms with E-state index in [1.54, 1.807) is 23.3 Å². The van der Waals surface area contributed by atoms with Gasteiger partial charge in [-0.25, -0.2) is 4.68 Å². The third-order valence-electron chi connectivity index (χ3n) is 6.05. The summed E-state index contributed by atoms with van der Waals surface area (Å²) in [5, 5.41) is 9.00. The number of fused-ring (bicyclic) bond motifs is 3. The van der Waals surface area contributed by atoms with Crippen LogP contribution in [0.1, 0.15) is 61.8 Å². The predicted octanol–water partition coefficient (Wildman–Crippen LogP) is 6.00. The van der Waals surface area contributed by atoms with E-state index < -0.39 is 0 Å². The van der Waals surface area contributed by atoms with E-state index in [0.717, 1.165) is 46.7 Å². The molecular weight excluding hydrogens is 418 g/mol. The quantitative estimate of drug-likeness (QED) is 0.491. The molecule has 0 spiro atoms. The number of carbonyl (C=O) groups is 1. The number of allylic oxidation sites excluding steroid dienone is 1. The summed E-state index contributed by atoms with van der Waals surface area (Å²) in [5.41, 5.74) is 7.87. The zero-order valence-electron chi connectivity index (χ0n) is 19.9. The van der Waals surface area contributed by atoms with Crippen molar-refractivity contribution in [1.29, 1.82) is 0 Å². The van der Waals surface area contributed by atoms with Crippen molar-refractivity contribution in [1.82, 2.24) is 14.7 Å². The summed E-state index contributed by atoms with van der Waals surface area (Å²) in [6.07, 6.45) is 3.76. The van der Waals surface area contributed by atoms with Crippen LogP contribution in [-0.2, 0) is 12.8 Å². The molecule has 0 atom stereocenters. The maximum atomic E-state index is 13.5. The number of amides is 1. The fourth-order valence-corrected chi connectivity index (χ4v) is 4.70. The van der Waals surface area contributed by atoms with Crippen LogP contribution in [0.25, 0.3) is 23.0 Å². The van der Waals surface area contributed by atoms with E-state index in [2.05, 4.69) is 43.5 Å². The van der Waals surface area contributed by atoms with Gasteiger partial charge < -0.3 is 9.64 Å². The van der Waals surface area contributed by atoms with E-state index >= 15 is 0 Å². The molecule has 1 amide bonds. The summed E-state index contributed by atoms with van der Waals surface area (Å²) in [6, 6.07) is 6.38. The fraction of sp³-hybridized carbons (Fsp3) is 0.385. The highest BCUT2D eigenvalue weighted by Gasteiger charge is 2.33. The van der Waals surface area contributed by atoms with Gasteiger partial charge in [0, 0.05) is 34.7 Å². The molecule has 0 radical (unpaired) electrons. The Hall–Kier alpha value is -2.86. The van der Waals surface area contributed by atoms with Gasteiger partial charge in [-0.1, -0.05) is 11.6 Å². The van der Waals surface area contributed by atoms with Crippen molar-refractivity contribution in [2.45, 2.75) is 53.0 Å². The molecule has 0 saturated carbocycles. The van der Waals surface area contributed by atoms with Crippen molar-refractivity contribution in [3.05, 3.63) is 56.9 Å². The smallest absolute Gasteiger partial charge is 0.274 e. The second-order valence-electron chi connectivity index (χ2n) is 9.58. The standard InChI is InChI=1S/C26H31N3O2S/c1-16(2)12-18-13-21-17(14-22(18)31-7)8-9-20-23(25(30)28(6)26(3,4)5)27-29(24(20)21)19-10-11-32-15-19/h10-15H,8-9H2,1-7H3. The monoisotopic (exact) mass is 449 g/mol. The Labute approximate surface area is 194 Å². The lowest BCUT2D eigenvalue weighted by Crippen LogP contribution is -2.43. The van der Waals surface area contributed by atoms with Gasteiger partial charge in [-0.05, 0) is 76.6 Å². The molecule has 6 heteroatoms. The van der Waals surface area contributed by atoms with Crippen molar-refractivity contribution >= 4 is 23.3 Å². The van der Waals surface area contributed by atoms with E-state index in [1.165, 1.54) is 11.1 Å². The molecule has 0 saturated heterocycles.